The zero-order valence-corrected chi connectivity index (χ0v) is 12.8. The number of hydrogen-bond donors (Lipinski definition) is 0. The topological polar surface area (TPSA) is 38.8 Å². The molecule has 1 aliphatic heterocycles. The third-order valence-corrected chi connectivity index (χ3v) is 3.93. The van der Waals surface area contributed by atoms with Crippen LogP contribution in [-0.2, 0) is 14.3 Å². The standard InChI is InChI=1S/C16H30O3/c1-4-13(2)12-18-16(17)11-9-7-5-6-8-10-15-14(3)19-15/h13-15H,4-12H2,1-3H3. The molecular weight excluding hydrogens is 240 g/mol. The van der Waals surface area contributed by atoms with Gasteiger partial charge in [-0.3, -0.25) is 4.79 Å². The van der Waals surface area contributed by atoms with E-state index in [-0.39, 0.29) is 5.97 Å². The van der Waals surface area contributed by atoms with Gasteiger partial charge in [-0.25, -0.2) is 0 Å². The molecule has 1 saturated heterocycles. The number of unbranched alkanes of at least 4 members (excludes halogenated alkanes) is 4. The second kappa shape index (κ2) is 9.35. The molecule has 0 N–H and O–H groups in total. The molecule has 0 aromatic heterocycles. The zero-order valence-electron chi connectivity index (χ0n) is 12.8. The predicted octanol–water partition coefficient (Wildman–Crippen LogP) is 4.09. The summed E-state index contributed by atoms with van der Waals surface area (Å²) in [5, 5.41) is 0. The molecule has 0 aromatic carbocycles. The van der Waals surface area contributed by atoms with Crippen molar-refractivity contribution in [2.24, 2.45) is 5.92 Å². The maximum atomic E-state index is 11.4. The van der Waals surface area contributed by atoms with Crippen molar-refractivity contribution < 1.29 is 14.3 Å². The van der Waals surface area contributed by atoms with E-state index in [4.69, 9.17) is 9.47 Å². The van der Waals surface area contributed by atoms with Crippen molar-refractivity contribution >= 4 is 5.97 Å². The van der Waals surface area contributed by atoms with Gasteiger partial charge in [0.2, 0.25) is 0 Å². The Labute approximate surface area is 118 Å². The molecule has 19 heavy (non-hydrogen) atoms. The van der Waals surface area contributed by atoms with E-state index in [2.05, 4.69) is 20.8 Å². The fraction of sp³-hybridized carbons (Fsp3) is 0.938. The van der Waals surface area contributed by atoms with Crippen molar-refractivity contribution in [1.82, 2.24) is 0 Å². The Bertz CT molecular complexity index is 252. The van der Waals surface area contributed by atoms with Gasteiger partial charge in [0, 0.05) is 6.42 Å². The van der Waals surface area contributed by atoms with E-state index >= 15 is 0 Å². The number of carbonyl (C=O) groups excluding carboxylic acids is 1. The summed E-state index contributed by atoms with van der Waals surface area (Å²) in [5.74, 6) is 0.455. The maximum absolute atomic E-state index is 11.4. The van der Waals surface area contributed by atoms with E-state index < -0.39 is 0 Å². The normalized spacial score (nSPS) is 23.1. The highest BCUT2D eigenvalue weighted by Gasteiger charge is 2.32. The quantitative estimate of drug-likeness (QED) is 0.322. The van der Waals surface area contributed by atoms with Crippen molar-refractivity contribution in [1.29, 1.82) is 0 Å². The molecule has 3 heteroatoms. The van der Waals surface area contributed by atoms with Crippen LogP contribution < -0.4 is 0 Å². The van der Waals surface area contributed by atoms with Crippen LogP contribution in [0.15, 0.2) is 0 Å². The van der Waals surface area contributed by atoms with E-state index in [0.29, 0.717) is 31.2 Å². The Hall–Kier alpha value is -0.570. The molecule has 0 aliphatic carbocycles. The van der Waals surface area contributed by atoms with Crippen LogP contribution >= 0.6 is 0 Å². The van der Waals surface area contributed by atoms with Gasteiger partial charge >= 0.3 is 5.97 Å². The van der Waals surface area contributed by atoms with Gasteiger partial charge in [0.15, 0.2) is 0 Å². The monoisotopic (exact) mass is 270 g/mol. The van der Waals surface area contributed by atoms with E-state index in [1.165, 1.54) is 25.7 Å². The summed E-state index contributed by atoms with van der Waals surface area (Å²) in [5.41, 5.74) is 0. The van der Waals surface area contributed by atoms with Gasteiger partial charge < -0.3 is 9.47 Å². The SMILES string of the molecule is CCC(C)COC(=O)CCCCCCCC1OC1C. The summed E-state index contributed by atoms with van der Waals surface area (Å²) in [7, 11) is 0. The summed E-state index contributed by atoms with van der Waals surface area (Å²) < 4.78 is 10.6. The minimum absolute atomic E-state index is 0.0273. The predicted molar refractivity (Wildman–Crippen MR) is 77.1 cm³/mol. The lowest BCUT2D eigenvalue weighted by Gasteiger charge is -2.09. The number of rotatable bonds is 11. The van der Waals surface area contributed by atoms with Crippen LogP contribution in [0.5, 0.6) is 0 Å². The third kappa shape index (κ3) is 8.25. The summed E-state index contributed by atoms with van der Waals surface area (Å²) in [6.07, 6.45) is 9.74. The van der Waals surface area contributed by atoms with Gasteiger partial charge in [-0.15, -0.1) is 0 Å². The smallest absolute Gasteiger partial charge is 0.305 e. The number of epoxide rings is 1. The first-order valence-corrected chi connectivity index (χ1v) is 7.94. The molecule has 3 atom stereocenters. The maximum Gasteiger partial charge on any atom is 0.305 e. The van der Waals surface area contributed by atoms with E-state index in [9.17, 15) is 4.79 Å². The van der Waals surface area contributed by atoms with Crippen LogP contribution in [-0.4, -0.2) is 24.8 Å². The van der Waals surface area contributed by atoms with Gasteiger partial charge in [0.25, 0.3) is 0 Å². The minimum Gasteiger partial charge on any atom is -0.465 e. The number of esters is 1. The van der Waals surface area contributed by atoms with E-state index in [1.807, 2.05) is 0 Å². The molecule has 1 heterocycles. The van der Waals surface area contributed by atoms with E-state index in [1.54, 1.807) is 0 Å². The van der Waals surface area contributed by atoms with Crippen LogP contribution in [0.25, 0.3) is 0 Å². The average molecular weight is 270 g/mol. The molecule has 0 spiro atoms. The van der Waals surface area contributed by atoms with Crippen molar-refractivity contribution in [2.75, 3.05) is 6.61 Å². The molecule has 112 valence electrons. The highest BCUT2D eigenvalue weighted by Crippen LogP contribution is 2.26. The lowest BCUT2D eigenvalue weighted by molar-refractivity contribution is -0.145. The van der Waals surface area contributed by atoms with Gasteiger partial charge in [-0.1, -0.05) is 46.0 Å². The van der Waals surface area contributed by atoms with E-state index in [0.717, 1.165) is 19.3 Å². The second-order valence-corrected chi connectivity index (χ2v) is 5.88. The molecule has 3 nitrogen and oxygen atoms in total. The first-order chi connectivity index (χ1) is 9.13. The molecule has 0 radical (unpaired) electrons. The molecule has 1 aliphatic rings. The second-order valence-electron chi connectivity index (χ2n) is 5.88. The summed E-state index contributed by atoms with van der Waals surface area (Å²) in [6.45, 7) is 6.94. The van der Waals surface area contributed by atoms with Crippen molar-refractivity contribution in [3.05, 3.63) is 0 Å². The largest absolute Gasteiger partial charge is 0.465 e. The van der Waals surface area contributed by atoms with Gasteiger partial charge in [0.1, 0.15) is 0 Å². The third-order valence-electron chi connectivity index (χ3n) is 3.93. The Morgan fingerprint density at radius 1 is 1.21 bits per heavy atom. The average Bonchev–Trinajstić information content (AvgIpc) is 3.10. The van der Waals surface area contributed by atoms with Crippen molar-refractivity contribution in [3.63, 3.8) is 0 Å². The lowest BCUT2D eigenvalue weighted by Crippen LogP contribution is -2.11. The van der Waals surface area contributed by atoms with Crippen LogP contribution in [0.4, 0.5) is 0 Å². The number of carbonyl (C=O) groups is 1. The zero-order chi connectivity index (χ0) is 14.1. The summed E-state index contributed by atoms with van der Waals surface area (Å²) in [4.78, 5) is 11.4. The molecule has 0 bridgehead atoms. The molecule has 1 rings (SSSR count). The van der Waals surface area contributed by atoms with Gasteiger partial charge in [-0.05, 0) is 25.7 Å². The molecule has 1 fully saturated rings. The van der Waals surface area contributed by atoms with Crippen LogP contribution in [0, 0.1) is 5.92 Å². The molecule has 0 saturated carbocycles. The first-order valence-electron chi connectivity index (χ1n) is 7.94. The Morgan fingerprint density at radius 3 is 2.47 bits per heavy atom. The van der Waals surface area contributed by atoms with Crippen molar-refractivity contribution in [2.45, 2.75) is 84.3 Å². The number of hydrogen-bond acceptors (Lipinski definition) is 3. The minimum atomic E-state index is -0.0273. The Morgan fingerprint density at radius 2 is 1.84 bits per heavy atom. The van der Waals surface area contributed by atoms with Crippen molar-refractivity contribution in [3.8, 4) is 0 Å². The summed E-state index contributed by atoms with van der Waals surface area (Å²) >= 11 is 0. The van der Waals surface area contributed by atoms with Crippen LogP contribution in [0.1, 0.15) is 72.1 Å². The number of ether oxygens (including phenoxy) is 2. The molecule has 0 aromatic rings. The first kappa shape index (κ1) is 16.5. The molecule has 3 unspecified atom stereocenters. The Kier molecular flexibility index (Phi) is 8.11. The molecular formula is C16H30O3. The fourth-order valence-corrected chi connectivity index (χ4v) is 2.10. The molecule has 0 amide bonds. The highest BCUT2D eigenvalue weighted by molar-refractivity contribution is 5.69. The fourth-order valence-electron chi connectivity index (χ4n) is 2.10. The van der Waals surface area contributed by atoms with Gasteiger partial charge in [0.05, 0.1) is 18.8 Å². The van der Waals surface area contributed by atoms with Crippen LogP contribution in [0.3, 0.4) is 0 Å². The lowest BCUT2D eigenvalue weighted by atomic mass is 10.1. The Balaban J connectivity index is 1.80. The highest BCUT2D eigenvalue weighted by atomic mass is 16.6. The summed E-state index contributed by atoms with van der Waals surface area (Å²) in [6, 6.07) is 0. The van der Waals surface area contributed by atoms with Gasteiger partial charge in [-0.2, -0.15) is 0 Å². The van der Waals surface area contributed by atoms with Crippen LogP contribution in [0.2, 0.25) is 0 Å².